The van der Waals surface area contributed by atoms with Gasteiger partial charge in [0.1, 0.15) is 5.82 Å². The minimum atomic E-state index is 0.323. The summed E-state index contributed by atoms with van der Waals surface area (Å²) in [6, 6.07) is 21.7. The monoisotopic (exact) mass is 389 g/mol. The topological polar surface area (TPSA) is 21.1 Å². The van der Waals surface area contributed by atoms with Crippen LogP contribution in [0.5, 0.6) is 0 Å². The Balaban J connectivity index is 1.91. The second kappa shape index (κ2) is 11.0. The van der Waals surface area contributed by atoms with Crippen LogP contribution in [0.3, 0.4) is 0 Å². The zero-order chi connectivity index (χ0) is 20.5. The van der Waals surface area contributed by atoms with Crippen molar-refractivity contribution >= 4 is 0 Å². The van der Waals surface area contributed by atoms with Gasteiger partial charge < -0.3 is 4.57 Å². The van der Waals surface area contributed by atoms with Crippen molar-refractivity contribution in [3.05, 3.63) is 78.1 Å². The Hall–Kier alpha value is -2.39. The highest BCUT2D eigenvalue weighted by atomic mass is 15.2. The SMILES string of the molecule is CCCCN(Cc1ccccc1)C(C)c1cnc(-c2ccccc2)n1CCCC. The molecule has 0 amide bonds. The van der Waals surface area contributed by atoms with Crippen LogP contribution in [0, 0.1) is 0 Å². The summed E-state index contributed by atoms with van der Waals surface area (Å²) in [7, 11) is 0. The first-order valence-corrected chi connectivity index (χ1v) is 11.1. The van der Waals surface area contributed by atoms with E-state index in [4.69, 9.17) is 4.98 Å². The molecule has 0 N–H and O–H groups in total. The van der Waals surface area contributed by atoms with Crippen LogP contribution < -0.4 is 0 Å². The van der Waals surface area contributed by atoms with Gasteiger partial charge in [-0.05, 0) is 31.9 Å². The van der Waals surface area contributed by atoms with E-state index in [1.54, 1.807) is 0 Å². The van der Waals surface area contributed by atoms with Gasteiger partial charge in [-0.2, -0.15) is 0 Å². The quantitative estimate of drug-likeness (QED) is 0.363. The van der Waals surface area contributed by atoms with Gasteiger partial charge in [0.05, 0.1) is 11.9 Å². The second-order valence-corrected chi connectivity index (χ2v) is 7.86. The number of nitrogens with zero attached hydrogens (tertiary/aromatic N) is 3. The van der Waals surface area contributed by atoms with Crippen molar-refractivity contribution in [3.63, 3.8) is 0 Å². The Morgan fingerprint density at radius 3 is 2.21 bits per heavy atom. The summed E-state index contributed by atoms with van der Waals surface area (Å²) in [4.78, 5) is 7.47. The molecule has 0 aliphatic rings. The number of aromatic nitrogens is 2. The number of rotatable bonds is 11. The minimum Gasteiger partial charge on any atom is -0.327 e. The predicted molar refractivity (Wildman–Crippen MR) is 123 cm³/mol. The lowest BCUT2D eigenvalue weighted by Crippen LogP contribution is -2.29. The van der Waals surface area contributed by atoms with Gasteiger partial charge in [-0.25, -0.2) is 4.98 Å². The molecule has 154 valence electrons. The molecule has 0 radical (unpaired) electrons. The van der Waals surface area contributed by atoms with Crippen LogP contribution >= 0.6 is 0 Å². The average molecular weight is 390 g/mol. The molecule has 0 aliphatic heterocycles. The van der Waals surface area contributed by atoms with Crippen LogP contribution in [0.2, 0.25) is 0 Å². The molecule has 0 spiro atoms. The lowest BCUT2D eigenvalue weighted by Gasteiger charge is -2.30. The third-order valence-electron chi connectivity index (χ3n) is 5.66. The number of benzene rings is 2. The van der Waals surface area contributed by atoms with Crippen molar-refractivity contribution in [2.75, 3.05) is 6.54 Å². The first-order valence-electron chi connectivity index (χ1n) is 11.1. The van der Waals surface area contributed by atoms with Gasteiger partial charge in [-0.1, -0.05) is 87.4 Å². The Kier molecular flexibility index (Phi) is 8.06. The van der Waals surface area contributed by atoms with Crippen molar-refractivity contribution in [2.24, 2.45) is 0 Å². The van der Waals surface area contributed by atoms with Crippen LogP contribution in [0.4, 0.5) is 0 Å². The summed E-state index contributed by atoms with van der Waals surface area (Å²) in [6.07, 6.45) is 6.88. The molecule has 1 atom stereocenters. The molecule has 0 saturated carbocycles. The molecule has 0 bridgehead atoms. The summed E-state index contributed by atoms with van der Waals surface area (Å²) in [5, 5.41) is 0. The molecule has 1 unspecified atom stereocenters. The largest absolute Gasteiger partial charge is 0.327 e. The van der Waals surface area contributed by atoms with Crippen LogP contribution in [0.1, 0.15) is 63.8 Å². The van der Waals surface area contributed by atoms with Crippen molar-refractivity contribution in [1.29, 1.82) is 0 Å². The number of hydrogen-bond acceptors (Lipinski definition) is 2. The molecule has 3 aromatic rings. The Labute approximate surface area is 176 Å². The number of hydrogen-bond donors (Lipinski definition) is 0. The van der Waals surface area contributed by atoms with Gasteiger partial charge in [-0.3, -0.25) is 4.90 Å². The lowest BCUT2D eigenvalue weighted by molar-refractivity contribution is 0.191. The van der Waals surface area contributed by atoms with E-state index in [1.807, 2.05) is 0 Å². The third kappa shape index (κ3) is 5.57. The number of imidazole rings is 1. The Bertz CT molecular complexity index is 839. The van der Waals surface area contributed by atoms with E-state index in [0.29, 0.717) is 6.04 Å². The minimum absolute atomic E-state index is 0.323. The fraction of sp³-hybridized carbons (Fsp3) is 0.423. The fourth-order valence-corrected chi connectivity index (χ4v) is 3.87. The van der Waals surface area contributed by atoms with E-state index >= 15 is 0 Å². The van der Waals surface area contributed by atoms with E-state index < -0.39 is 0 Å². The molecular formula is C26H35N3. The molecule has 1 heterocycles. The fourth-order valence-electron chi connectivity index (χ4n) is 3.87. The highest BCUT2D eigenvalue weighted by molar-refractivity contribution is 5.56. The predicted octanol–water partition coefficient (Wildman–Crippen LogP) is 6.71. The molecule has 1 aromatic heterocycles. The molecule has 29 heavy (non-hydrogen) atoms. The average Bonchev–Trinajstić information content (AvgIpc) is 3.19. The molecule has 2 aromatic carbocycles. The smallest absolute Gasteiger partial charge is 0.140 e. The van der Waals surface area contributed by atoms with E-state index in [9.17, 15) is 0 Å². The zero-order valence-electron chi connectivity index (χ0n) is 18.2. The van der Waals surface area contributed by atoms with Crippen LogP contribution in [-0.4, -0.2) is 21.0 Å². The van der Waals surface area contributed by atoms with Crippen molar-refractivity contribution in [3.8, 4) is 11.4 Å². The first kappa shape index (κ1) is 21.3. The number of unbranched alkanes of at least 4 members (excludes halogenated alkanes) is 2. The summed E-state index contributed by atoms with van der Waals surface area (Å²) in [6.45, 7) is 9.96. The summed E-state index contributed by atoms with van der Waals surface area (Å²) in [5.74, 6) is 1.09. The van der Waals surface area contributed by atoms with Crippen molar-refractivity contribution < 1.29 is 0 Å². The molecule has 3 rings (SSSR count). The maximum Gasteiger partial charge on any atom is 0.140 e. The van der Waals surface area contributed by atoms with Crippen molar-refractivity contribution in [2.45, 2.75) is 65.6 Å². The standard InChI is InChI=1S/C26H35N3/c1-4-6-18-28(21-23-14-10-8-11-15-23)22(3)25-20-27-26(29(25)19-7-5-2)24-16-12-9-13-17-24/h8-17,20,22H,4-7,18-19,21H2,1-3H3. The third-order valence-corrected chi connectivity index (χ3v) is 5.66. The Morgan fingerprint density at radius 2 is 1.55 bits per heavy atom. The van der Waals surface area contributed by atoms with Gasteiger partial charge in [0.15, 0.2) is 0 Å². The van der Waals surface area contributed by atoms with Gasteiger partial charge in [0.25, 0.3) is 0 Å². The summed E-state index contributed by atoms with van der Waals surface area (Å²) in [5.41, 5.74) is 3.90. The first-order chi connectivity index (χ1) is 14.2. The molecular weight excluding hydrogens is 354 g/mol. The van der Waals surface area contributed by atoms with E-state index in [-0.39, 0.29) is 0 Å². The maximum absolute atomic E-state index is 4.87. The second-order valence-electron chi connectivity index (χ2n) is 7.86. The Morgan fingerprint density at radius 1 is 0.897 bits per heavy atom. The van der Waals surface area contributed by atoms with Gasteiger partial charge in [0.2, 0.25) is 0 Å². The van der Waals surface area contributed by atoms with Crippen LogP contribution in [-0.2, 0) is 13.1 Å². The van der Waals surface area contributed by atoms with Gasteiger partial charge in [0, 0.05) is 24.7 Å². The molecule has 3 nitrogen and oxygen atoms in total. The van der Waals surface area contributed by atoms with Crippen molar-refractivity contribution in [1.82, 2.24) is 14.5 Å². The highest BCUT2D eigenvalue weighted by Crippen LogP contribution is 2.28. The molecule has 3 heteroatoms. The maximum atomic E-state index is 4.87. The molecule has 0 saturated heterocycles. The highest BCUT2D eigenvalue weighted by Gasteiger charge is 2.22. The van der Waals surface area contributed by atoms with E-state index in [1.165, 1.54) is 42.5 Å². The normalized spacial score (nSPS) is 12.4. The molecule has 0 fully saturated rings. The van der Waals surface area contributed by atoms with E-state index in [0.717, 1.165) is 25.5 Å². The van der Waals surface area contributed by atoms with Gasteiger partial charge in [-0.15, -0.1) is 0 Å². The van der Waals surface area contributed by atoms with Crippen LogP contribution in [0.25, 0.3) is 11.4 Å². The molecule has 0 aliphatic carbocycles. The summed E-state index contributed by atoms with van der Waals surface area (Å²) >= 11 is 0. The van der Waals surface area contributed by atoms with Gasteiger partial charge >= 0.3 is 0 Å². The van der Waals surface area contributed by atoms with E-state index in [2.05, 4.69) is 97.1 Å². The summed E-state index contributed by atoms with van der Waals surface area (Å²) < 4.78 is 2.45. The lowest BCUT2D eigenvalue weighted by atomic mass is 10.1. The zero-order valence-corrected chi connectivity index (χ0v) is 18.2. The van der Waals surface area contributed by atoms with Crippen LogP contribution in [0.15, 0.2) is 66.9 Å².